The molecule has 5 heteroatoms. The van der Waals surface area contributed by atoms with Crippen LogP contribution in [0.5, 0.6) is 5.75 Å². The summed E-state index contributed by atoms with van der Waals surface area (Å²) >= 11 is 3.49. The Hall–Kier alpha value is -1.85. The molecule has 1 heterocycles. The highest BCUT2D eigenvalue weighted by atomic mass is 79.9. The predicted molar refractivity (Wildman–Crippen MR) is 113 cm³/mol. The summed E-state index contributed by atoms with van der Waals surface area (Å²) in [5.41, 5.74) is 3.25. The third kappa shape index (κ3) is 6.08. The summed E-state index contributed by atoms with van der Waals surface area (Å²) in [5, 5.41) is 3.03. The van der Waals surface area contributed by atoms with E-state index in [9.17, 15) is 4.79 Å². The van der Waals surface area contributed by atoms with Crippen molar-refractivity contribution in [2.75, 3.05) is 25.5 Å². The molecule has 3 rings (SSSR count). The van der Waals surface area contributed by atoms with Crippen LogP contribution in [0.3, 0.4) is 0 Å². The van der Waals surface area contributed by atoms with Crippen LogP contribution in [0.2, 0.25) is 0 Å². The van der Waals surface area contributed by atoms with E-state index in [2.05, 4.69) is 38.3 Å². The van der Waals surface area contributed by atoms with Crippen LogP contribution in [-0.2, 0) is 17.8 Å². The number of hydrogen-bond donors (Lipinski definition) is 1. The smallest absolute Gasteiger partial charge is 0.224 e. The molecule has 0 unspecified atom stereocenters. The van der Waals surface area contributed by atoms with E-state index in [4.69, 9.17) is 4.74 Å². The molecular formula is C22H27BrN2O2. The highest BCUT2D eigenvalue weighted by molar-refractivity contribution is 9.10. The van der Waals surface area contributed by atoms with Crippen LogP contribution in [-0.4, -0.2) is 31.0 Å². The van der Waals surface area contributed by atoms with E-state index >= 15 is 0 Å². The fraction of sp³-hybridized carbons (Fsp3) is 0.409. The summed E-state index contributed by atoms with van der Waals surface area (Å²) in [4.78, 5) is 14.8. The van der Waals surface area contributed by atoms with E-state index in [1.54, 1.807) is 7.11 Å². The monoisotopic (exact) mass is 430 g/mol. The topological polar surface area (TPSA) is 41.6 Å². The first-order chi connectivity index (χ1) is 13.1. The summed E-state index contributed by atoms with van der Waals surface area (Å²) in [5.74, 6) is 0.839. The Morgan fingerprint density at radius 1 is 1.11 bits per heavy atom. The number of nitrogens with zero attached hydrogens (tertiary/aromatic N) is 1. The zero-order valence-corrected chi connectivity index (χ0v) is 17.4. The highest BCUT2D eigenvalue weighted by Gasteiger charge is 2.11. The molecule has 0 spiro atoms. The van der Waals surface area contributed by atoms with Crippen molar-refractivity contribution in [1.29, 1.82) is 0 Å². The number of halogens is 1. The quantitative estimate of drug-likeness (QED) is 0.670. The van der Waals surface area contributed by atoms with Crippen LogP contribution in [0.15, 0.2) is 46.9 Å². The van der Waals surface area contributed by atoms with Crippen molar-refractivity contribution in [2.45, 2.75) is 38.6 Å². The molecule has 1 N–H and O–H groups in total. The van der Waals surface area contributed by atoms with Crippen molar-refractivity contribution < 1.29 is 9.53 Å². The summed E-state index contributed by atoms with van der Waals surface area (Å²) in [6, 6.07) is 14.1. The second-order valence-corrected chi connectivity index (χ2v) is 7.91. The number of methoxy groups -OCH3 is 1. The van der Waals surface area contributed by atoms with Gasteiger partial charge in [0.05, 0.1) is 11.6 Å². The Morgan fingerprint density at radius 2 is 1.93 bits per heavy atom. The van der Waals surface area contributed by atoms with Crippen molar-refractivity contribution in [3.63, 3.8) is 0 Å². The molecule has 0 aliphatic carbocycles. The minimum Gasteiger partial charge on any atom is -0.496 e. The Balaban J connectivity index is 1.51. The molecule has 2 aromatic carbocycles. The van der Waals surface area contributed by atoms with Gasteiger partial charge in [-0.2, -0.15) is 0 Å². The third-order valence-corrected chi connectivity index (χ3v) is 5.54. The minimum atomic E-state index is 0.0389. The minimum absolute atomic E-state index is 0.0389. The molecule has 1 aliphatic heterocycles. The number of piperidine rings is 1. The molecule has 1 saturated heterocycles. The van der Waals surface area contributed by atoms with Gasteiger partial charge in [-0.15, -0.1) is 0 Å². The van der Waals surface area contributed by atoms with Gasteiger partial charge in [0.2, 0.25) is 5.91 Å². The summed E-state index contributed by atoms with van der Waals surface area (Å²) in [6.45, 7) is 3.31. The highest BCUT2D eigenvalue weighted by Crippen LogP contribution is 2.26. The van der Waals surface area contributed by atoms with Gasteiger partial charge in [0.1, 0.15) is 5.75 Å². The van der Waals surface area contributed by atoms with Gasteiger partial charge in [-0.1, -0.05) is 24.6 Å². The lowest BCUT2D eigenvalue weighted by Gasteiger charge is -2.26. The lowest BCUT2D eigenvalue weighted by molar-refractivity contribution is -0.116. The van der Waals surface area contributed by atoms with Gasteiger partial charge < -0.3 is 10.1 Å². The molecule has 0 aromatic heterocycles. The molecule has 1 aliphatic rings. The van der Waals surface area contributed by atoms with Crippen molar-refractivity contribution in [3.05, 3.63) is 58.1 Å². The van der Waals surface area contributed by atoms with E-state index in [0.717, 1.165) is 28.0 Å². The lowest BCUT2D eigenvalue weighted by atomic mass is 10.1. The van der Waals surface area contributed by atoms with Gasteiger partial charge in [0.15, 0.2) is 0 Å². The maximum absolute atomic E-state index is 12.3. The SMILES string of the molecule is COc1ccc(CCC(=O)Nc2cccc(CN3CCCCC3)c2)cc1Br. The molecule has 0 bridgehead atoms. The number of hydrogen-bond acceptors (Lipinski definition) is 3. The molecule has 27 heavy (non-hydrogen) atoms. The van der Waals surface area contributed by atoms with E-state index in [1.165, 1.54) is 37.9 Å². The number of amides is 1. The summed E-state index contributed by atoms with van der Waals surface area (Å²) < 4.78 is 6.15. The largest absolute Gasteiger partial charge is 0.496 e. The standard InChI is InChI=1S/C22H27BrN2O2/c1-27-21-10-8-17(15-20(21)23)9-11-22(26)24-19-7-5-6-18(14-19)16-25-12-3-2-4-13-25/h5-8,10,14-15H,2-4,9,11-13,16H2,1H3,(H,24,26). The number of likely N-dealkylation sites (tertiary alicyclic amines) is 1. The van der Waals surface area contributed by atoms with E-state index in [-0.39, 0.29) is 5.91 Å². The first-order valence-electron chi connectivity index (χ1n) is 9.57. The molecule has 4 nitrogen and oxygen atoms in total. The number of nitrogens with one attached hydrogen (secondary N) is 1. The zero-order chi connectivity index (χ0) is 19.1. The molecule has 0 radical (unpaired) electrons. The van der Waals surface area contributed by atoms with Crippen molar-refractivity contribution in [3.8, 4) is 5.75 Å². The normalized spacial score (nSPS) is 14.7. The third-order valence-electron chi connectivity index (χ3n) is 4.92. The number of benzene rings is 2. The number of aryl methyl sites for hydroxylation is 1. The maximum atomic E-state index is 12.3. The van der Waals surface area contributed by atoms with Crippen LogP contribution in [0, 0.1) is 0 Å². The fourth-order valence-electron chi connectivity index (χ4n) is 3.47. The Kier molecular flexibility index (Phi) is 7.30. The molecule has 2 aromatic rings. The average Bonchev–Trinajstić information content (AvgIpc) is 2.67. The van der Waals surface area contributed by atoms with E-state index in [0.29, 0.717) is 12.8 Å². The van der Waals surface area contributed by atoms with Gasteiger partial charge in [-0.25, -0.2) is 0 Å². The number of ether oxygens (including phenoxy) is 1. The molecule has 1 amide bonds. The predicted octanol–water partition coefficient (Wildman–Crippen LogP) is 5.01. The fourth-order valence-corrected chi connectivity index (χ4v) is 4.06. The Morgan fingerprint density at radius 3 is 2.67 bits per heavy atom. The van der Waals surface area contributed by atoms with Crippen LogP contribution in [0.25, 0.3) is 0 Å². The van der Waals surface area contributed by atoms with E-state index < -0.39 is 0 Å². The van der Waals surface area contributed by atoms with Gasteiger partial charge in [-0.05, 0) is 83.7 Å². The van der Waals surface area contributed by atoms with Gasteiger partial charge in [0, 0.05) is 18.7 Å². The molecular weight excluding hydrogens is 404 g/mol. The van der Waals surface area contributed by atoms with Crippen LogP contribution in [0.4, 0.5) is 5.69 Å². The average molecular weight is 431 g/mol. The molecule has 144 valence electrons. The Bertz CT molecular complexity index is 773. The Labute approximate surface area is 170 Å². The van der Waals surface area contributed by atoms with E-state index in [1.807, 2.05) is 30.3 Å². The molecule has 1 fully saturated rings. The summed E-state index contributed by atoms with van der Waals surface area (Å²) in [6.07, 6.45) is 5.07. The first-order valence-corrected chi connectivity index (χ1v) is 10.4. The lowest BCUT2D eigenvalue weighted by Crippen LogP contribution is -2.29. The van der Waals surface area contributed by atoms with Crippen LogP contribution in [0.1, 0.15) is 36.8 Å². The van der Waals surface area contributed by atoms with Gasteiger partial charge in [0.25, 0.3) is 0 Å². The van der Waals surface area contributed by atoms with Crippen molar-refractivity contribution >= 4 is 27.5 Å². The number of anilines is 1. The van der Waals surface area contributed by atoms with Crippen molar-refractivity contribution in [2.24, 2.45) is 0 Å². The number of carbonyl (C=O) groups is 1. The second kappa shape index (κ2) is 9.90. The van der Waals surface area contributed by atoms with Crippen molar-refractivity contribution in [1.82, 2.24) is 4.90 Å². The second-order valence-electron chi connectivity index (χ2n) is 7.05. The van der Waals surface area contributed by atoms with Gasteiger partial charge >= 0.3 is 0 Å². The number of rotatable bonds is 7. The number of carbonyl (C=O) groups excluding carboxylic acids is 1. The zero-order valence-electron chi connectivity index (χ0n) is 15.8. The molecule has 0 atom stereocenters. The van der Waals surface area contributed by atoms with Crippen LogP contribution >= 0.6 is 15.9 Å². The van der Waals surface area contributed by atoms with Gasteiger partial charge in [-0.3, -0.25) is 9.69 Å². The maximum Gasteiger partial charge on any atom is 0.224 e. The first kappa shape index (κ1) is 19.9. The molecule has 0 saturated carbocycles. The summed E-state index contributed by atoms with van der Waals surface area (Å²) in [7, 11) is 1.65. The van der Waals surface area contributed by atoms with Crippen LogP contribution < -0.4 is 10.1 Å².